The first-order valence-electron chi connectivity index (χ1n) is 6.37. The number of thiazole rings is 1. The van der Waals surface area contributed by atoms with Crippen LogP contribution >= 0.6 is 22.9 Å². The largest absolute Gasteiger partial charge is 0.341 e. The van der Waals surface area contributed by atoms with Gasteiger partial charge in [-0.1, -0.05) is 29.8 Å². The number of carbonyl (C=O) groups excluding carboxylic acids is 1. The number of amides is 1. The van der Waals surface area contributed by atoms with E-state index >= 15 is 0 Å². The lowest BCUT2D eigenvalue weighted by Crippen LogP contribution is -2.27. The van der Waals surface area contributed by atoms with Gasteiger partial charge in [-0.15, -0.1) is 22.9 Å². The van der Waals surface area contributed by atoms with E-state index in [1.54, 1.807) is 4.90 Å². The van der Waals surface area contributed by atoms with E-state index in [2.05, 4.69) is 24.0 Å². The van der Waals surface area contributed by atoms with Gasteiger partial charge >= 0.3 is 0 Å². The van der Waals surface area contributed by atoms with Gasteiger partial charge in [-0.25, -0.2) is 4.98 Å². The Bertz CT molecular complexity index is 580. The lowest BCUT2D eigenvalue weighted by molar-refractivity contribution is -0.129. The number of aromatic nitrogens is 1. The molecule has 1 aromatic heterocycles. The molecular weight excluding hydrogens is 292 g/mol. The fourth-order valence-electron chi connectivity index (χ4n) is 1.81. The molecule has 3 nitrogen and oxygen atoms in total. The third-order valence-corrected chi connectivity index (χ3v) is 4.18. The van der Waals surface area contributed by atoms with Crippen LogP contribution in [0.3, 0.4) is 0 Å². The van der Waals surface area contributed by atoms with E-state index in [4.69, 9.17) is 11.6 Å². The minimum Gasteiger partial charge on any atom is -0.341 e. The highest BCUT2D eigenvalue weighted by Gasteiger charge is 2.12. The van der Waals surface area contributed by atoms with E-state index < -0.39 is 0 Å². The van der Waals surface area contributed by atoms with Gasteiger partial charge in [0.1, 0.15) is 5.01 Å². The number of rotatable bonds is 5. The van der Waals surface area contributed by atoms with Crippen molar-refractivity contribution in [3.63, 3.8) is 0 Å². The molecule has 0 bridgehead atoms. The first-order chi connectivity index (χ1) is 9.58. The van der Waals surface area contributed by atoms with Crippen molar-refractivity contribution < 1.29 is 4.79 Å². The maximum absolute atomic E-state index is 12.1. The number of carbonyl (C=O) groups is 1. The lowest BCUT2D eigenvalue weighted by Gasteiger charge is -2.16. The van der Waals surface area contributed by atoms with Crippen LogP contribution in [0.1, 0.15) is 21.8 Å². The number of hydrogen-bond acceptors (Lipinski definition) is 3. The average Bonchev–Trinajstić information content (AvgIpc) is 2.89. The van der Waals surface area contributed by atoms with Crippen LogP contribution in [0.2, 0.25) is 0 Å². The van der Waals surface area contributed by atoms with Gasteiger partial charge in [-0.05, 0) is 12.5 Å². The molecule has 5 heteroatoms. The van der Waals surface area contributed by atoms with E-state index in [0.717, 1.165) is 16.3 Å². The Balaban J connectivity index is 1.93. The zero-order valence-corrected chi connectivity index (χ0v) is 13.2. The van der Waals surface area contributed by atoms with Gasteiger partial charge in [0, 0.05) is 19.0 Å². The Labute approximate surface area is 128 Å². The molecule has 0 N–H and O–H groups in total. The summed E-state index contributed by atoms with van der Waals surface area (Å²) in [4.78, 5) is 18.2. The zero-order chi connectivity index (χ0) is 14.5. The van der Waals surface area contributed by atoms with E-state index in [1.165, 1.54) is 16.9 Å². The van der Waals surface area contributed by atoms with Crippen LogP contribution in [-0.4, -0.2) is 22.8 Å². The van der Waals surface area contributed by atoms with Crippen LogP contribution in [0.4, 0.5) is 0 Å². The summed E-state index contributed by atoms with van der Waals surface area (Å²) in [6, 6.07) is 8.21. The van der Waals surface area contributed by atoms with Gasteiger partial charge < -0.3 is 4.90 Å². The number of nitrogens with zero attached hydrogens (tertiary/aromatic N) is 2. The maximum atomic E-state index is 12.1. The highest BCUT2D eigenvalue weighted by atomic mass is 35.5. The zero-order valence-electron chi connectivity index (χ0n) is 11.6. The molecule has 0 radical (unpaired) electrons. The number of hydrogen-bond donors (Lipinski definition) is 0. The number of aryl methyl sites for hydroxylation is 1. The molecule has 0 fully saturated rings. The first kappa shape index (κ1) is 15.0. The second-order valence-corrected chi connectivity index (χ2v) is 5.99. The number of alkyl halides is 1. The lowest BCUT2D eigenvalue weighted by atomic mass is 10.1. The van der Waals surface area contributed by atoms with Gasteiger partial charge in [0.05, 0.1) is 18.0 Å². The monoisotopic (exact) mass is 308 g/mol. The van der Waals surface area contributed by atoms with Crippen molar-refractivity contribution in [2.24, 2.45) is 0 Å². The maximum Gasteiger partial charge on any atom is 0.229 e. The molecule has 0 aliphatic carbocycles. The highest BCUT2D eigenvalue weighted by Crippen LogP contribution is 2.14. The fourth-order valence-corrected chi connectivity index (χ4v) is 2.82. The Kier molecular flexibility index (Phi) is 5.15. The van der Waals surface area contributed by atoms with Gasteiger partial charge in [0.15, 0.2) is 0 Å². The highest BCUT2D eigenvalue weighted by molar-refractivity contribution is 7.09. The van der Waals surface area contributed by atoms with Crippen molar-refractivity contribution in [3.8, 4) is 0 Å². The van der Waals surface area contributed by atoms with Crippen LogP contribution in [-0.2, 0) is 23.6 Å². The summed E-state index contributed by atoms with van der Waals surface area (Å²) in [6.45, 7) is 2.67. The van der Waals surface area contributed by atoms with Gasteiger partial charge in [0.2, 0.25) is 5.91 Å². The smallest absolute Gasteiger partial charge is 0.229 e. The minimum atomic E-state index is 0.0704. The topological polar surface area (TPSA) is 33.2 Å². The van der Waals surface area contributed by atoms with Crippen molar-refractivity contribution in [3.05, 3.63) is 51.5 Å². The summed E-state index contributed by atoms with van der Waals surface area (Å²) in [5, 5.41) is 2.72. The molecule has 0 saturated heterocycles. The molecule has 1 amide bonds. The molecule has 0 atom stereocenters. The van der Waals surface area contributed by atoms with Gasteiger partial charge in [0.25, 0.3) is 0 Å². The first-order valence-corrected chi connectivity index (χ1v) is 7.78. The summed E-state index contributed by atoms with van der Waals surface area (Å²) in [6.07, 6.45) is 0.337. The van der Waals surface area contributed by atoms with E-state index in [-0.39, 0.29) is 5.91 Å². The van der Waals surface area contributed by atoms with Crippen LogP contribution in [0.15, 0.2) is 29.6 Å². The molecule has 106 valence electrons. The molecule has 0 saturated carbocycles. The van der Waals surface area contributed by atoms with Crippen LogP contribution in [0.5, 0.6) is 0 Å². The van der Waals surface area contributed by atoms with Gasteiger partial charge in [-0.2, -0.15) is 0 Å². The molecule has 0 unspecified atom stereocenters. The van der Waals surface area contributed by atoms with Crippen molar-refractivity contribution in [1.82, 2.24) is 9.88 Å². The summed E-state index contributed by atoms with van der Waals surface area (Å²) < 4.78 is 0. The summed E-state index contributed by atoms with van der Waals surface area (Å²) in [5.41, 5.74) is 3.19. The Hall–Kier alpha value is -1.39. The number of likely N-dealkylation sites (N-methyl/N-ethyl adjacent to an activating group) is 1. The predicted octanol–water partition coefficient (Wildman–Crippen LogP) is 3.39. The third kappa shape index (κ3) is 4.05. The van der Waals surface area contributed by atoms with Crippen LogP contribution < -0.4 is 0 Å². The quantitative estimate of drug-likeness (QED) is 0.793. The van der Waals surface area contributed by atoms with E-state index in [1.807, 2.05) is 24.6 Å². The van der Waals surface area contributed by atoms with Crippen molar-refractivity contribution >= 4 is 28.8 Å². The molecule has 2 aromatic rings. The fraction of sp³-hybridized carbons (Fsp3) is 0.333. The van der Waals surface area contributed by atoms with Crippen LogP contribution in [0, 0.1) is 6.92 Å². The Morgan fingerprint density at radius 3 is 2.65 bits per heavy atom. The van der Waals surface area contributed by atoms with Gasteiger partial charge in [-0.3, -0.25) is 4.79 Å². The van der Waals surface area contributed by atoms with Crippen molar-refractivity contribution in [2.45, 2.75) is 25.8 Å². The molecule has 0 aliphatic heterocycles. The molecular formula is C15H17ClN2OS. The van der Waals surface area contributed by atoms with Crippen molar-refractivity contribution in [2.75, 3.05) is 7.05 Å². The molecule has 2 rings (SSSR count). The van der Waals surface area contributed by atoms with E-state index in [9.17, 15) is 4.79 Å². The Morgan fingerprint density at radius 2 is 2.05 bits per heavy atom. The average molecular weight is 309 g/mol. The molecule has 0 aliphatic rings. The van der Waals surface area contributed by atoms with Crippen molar-refractivity contribution in [1.29, 1.82) is 0 Å². The predicted molar refractivity (Wildman–Crippen MR) is 83.0 cm³/mol. The summed E-state index contributed by atoms with van der Waals surface area (Å²) >= 11 is 7.19. The second-order valence-electron chi connectivity index (χ2n) is 4.78. The molecule has 1 aromatic carbocycles. The van der Waals surface area contributed by atoms with E-state index in [0.29, 0.717) is 18.8 Å². The number of halogens is 1. The third-order valence-electron chi connectivity index (χ3n) is 3.00. The normalized spacial score (nSPS) is 10.6. The Morgan fingerprint density at radius 1 is 1.35 bits per heavy atom. The summed E-state index contributed by atoms with van der Waals surface area (Å²) in [5.74, 6) is 0.463. The standard InChI is InChI=1S/C15H17ClN2OS/c1-11-3-5-12(6-4-11)9-18(2)15(19)7-14-17-13(8-16)10-20-14/h3-6,10H,7-9H2,1-2H3. The minimum absolute atomic E-state index is 0.0704. The second kappa shape index (κ2) is 6.86. The molecule has 1 heterocycles. The summed E-state index contributed by atoms with van der Waals surface area (Å²) in [7, 11) is 1.82. The SMILES string of the molecule is Cc1ccc(CN(C)C(=O)Cc2nc(CCl)cs2)cc1. The van der Waals surface area contributed by atoms with Crippen LogP contribution in [0.25, 0.3) is 0 Å². The molecule has 0 spiro atoms. The molecule has 20 heavy (non-hydrogen) atoms. The number of benzene rings is 1.